The van der Waals surface area contributed by atoms with E-state index in [0.29, 0.717) is 12.3 Å². The average molecular weight is 526 g/mol. The van der Waals surface area contributed by atoms with Crippen molar-refractivity contribution in [3.05, 3.63) is 118 Å². The van der Waals surface area contributed by atoms with E-state index in [1.54, 1.807) is 5.38 Å². The number of carbonyl (C=O) groups excluding carboxylic acids is 2. The van der Waals surface area contributed by atoms with Gasteiger partial charge in [-0.15, -0.1) is 11.3 Å². The molecule has 0 spiro atoms. The maximum Gasteiger partial charge on any atom is 0.271 e. The Morgan fingerprint density at radius 2 is 1.37 bits per heavy atom. The zero-order valence-electron chi connectivity index (χ0n) is 21.1. The van der Waals surface area contributed by atoms with E-state index in [-0.39, 0.29) is 23.9 Å². The van der Waals surface area contributed by atoms with Crippen molar-refractivity contribution in [2.24, 2.45) is 0 Å². The molecule has 194 valence electrons. The summed E-state index contributed by atoms with van der Waals surface area (Å²) in [6.07, 6.45) is 3.65. The molecule has 1 aliphatic carbocycles. The minimum atomic E-state index is -0.415. The van der Waals surface area contributed by atoms with Crippen molar-refractivity contribution in [3.8, 4) is 5.75 Å². The first-order chi connectivity index (χ1) is 18.7. The molecule has 4 aromatic rings. The number of ether oxygens (including phenoxy) is 1. The first kappa shape index (κ1) is 25.7. The van der Waals surface area contributed by atoms with Gasteiger partial charge in [0.1, 0.15) is 23.1 Å². The van der Waals surface area contributed by atoms with Crippen LogP contribution in [0.2, 0.25) is 0 Å². The first-order valence-electron chi connectivity index (χ1n) is 13.0. The van der Waals surface area contributed by atoms with Gasteiger partial charge in [-0.1, -0.05) is 91.7 Å². The molecule has 0 bridgehead atoms. The Morgan fingerprint density at radius 3 is 1.97 bits per heavy atom. The summed E-state index contributed by atoms with van der Waals surface area (Å²) >= 11 is 1.40. The summed E-state index contributed by atoms with van der Waals surface area (Å²) in [7, 11) is 0. The van der Waals surface area contributed by atoms with E-state index in [0.717, 1.165) is 47.6 Å². The van der Waals surface area contributed by atoms with Crippen LogP contribution in [0.4, 0.5) is 0 Å². The van der Waals surface area contributed by atoms with Crippen LogP contribution in [0, 0.1) is 0 Å². The molecule has 7 heteroatoms. The van der Waals surface area contributed by atoms with Gasteiger partial charge in [0.15, 0.2) is 0 Å². The van der Waals surface area contributed by atoms with E-state index in [1.165, 1.54) is 11.3 Å². The molecule has 5 rings (SSSR count). The van der Waals surface area contributed by atoms with Crippen molar-refractivity contribution in [1.82, 2.24) is 15.6 Å². The summed E-state index contributed by atoms with van der Waals surface area (Å²) in [5, 5.41) is 8.92. The largest absolute Gasteiger partial charge is 0.486 e. The van der Waals surface area contributed by atoms with E-state index in [2.05, 4.69) is 15.6 Å². The van der Waals surface area contributed by atoms with Crippen LogP contribution in [0.1, 0.15) is 58.2 Å². The van der Waals surface area contributed by atoms with E-state index in [9.17, 15) is 9.59 Å². The summed E-state index contributed by atoms with van der Waals surface area (Å²) in [5.41, 5.74) is 2.27. The molecular formula is C31H31N3O3S. The van der Waals surface area contributed by atoms with Crippen LogP contribution in [-0.2, 0) is 11.4 Å². The lowest BCUT2D eigenvalue weighted by Crippen LogP contribution is -2.54. The number of nitrogens with zero attached hydrogens (tertiary/aromatic N) is 1. The lowest BCUT2D eigenvalue weighted by Gasteiger charge is -2.34. The highest BCUT2D eigenvalue weighted by atomic mass is 32.1. The summed E-state index contributed by atoms with van der Waals surface area (Å²) < 4.78 is 5.76. The molecule has 0 radical (unpaired) electrons. The van der Waals surface area contributed by atoms with Gasteiger partial charge in [-0.05, 0) is 36.1 Å². The number of para-hydroxylation sites is 1. The fraction of sp³-hybridized carbons (Fsp3) is 0.258. The SMILES string of the molecule is O=C(NC1CCCCC1NC(=O)C(c1ccccc1)c1ccccc1)c1csc(COc2ccccc2)n1. The molecule has 6 nitrogen and oxygen atoms in total. The number of hydrogen-bond donors (Lipinski definition) is 2. The van der Waals surface area contributed by atoms with Crippen molar-refractivity contribution in [2.45, 2.75) is 50.3 Å². The topological polar surface area (TPSA) is 80.3 Å². The second-order valence-corrected chi connectivity index (χ2v) is 10.4. The van der Waals surface area contributed by atoms with Crippen molar-refractivity contribution in [1.29, 1.82) is 0 Å². The molecule has 3 aromatic carbocycles. The molecule has 2 unspecified atom stereocenters. The normalized spacial score (nSPS) is 17.1. The van der Waals surface area contributed by atoms with E-state index in [1.807, 2.05) is 91.0 Å². The minimum Gasteiger partial charge on any atom is -0.486 e. The second kappa shape index (κ2) is 12.5. The highest BCUT2D eigenvalue weighted by Crippen LogP contribution is 2.27. The Morgan fingerprint density at radius 1 is 0.816 bits per heavy atom. The zero-order valence-corrected chi connectivity index (χ0v) is 21.9. The number of aromatic nitrogens is 1. The van der Waals surface area contributed by atoms with Gasteiger partial charge in [0, 0.05) is 17.5 Å². The number of hydrogen-bond acceptors (Lipinski definition) is 5. The molecule has 0 aliphatic heterocycles. The van der Waals surface area contributed by atoms with Crippen LogP contribution in [0.5, 0.6) is 5.75 Å². The van der Waals surface area contributed by atoms with Crippen LogP contribution in [0.25, 0.3) is 0 Å². The van der Waals surface area contributed by atoms with E-state index in [4.69, 9.17) is 4.74 Å². The fourth-order valence-electron chi connectivity index (χ4n) is 4.91. The summed E-state index contributed by atoms with van der Waals surface area (Å²) in [6, 6.07) is 28.9. The van der Waals surface area contributed by atoms with Crippen LogP contribution < -0.4 is 15.4 Å². The molecule has 0 saturated heterocycles. The monoisotopic (exact) mass is 525 g/mol. The summed E-state index contributed by atoms with van der Waals surface area (Å²) in [5.74, 6) is 0.0729. The third-order valence-electron chi connectivity index (χ3n) is 6.83. The summed E-state index contributed by atoms with van der Waals surface area (Å²) in [6.45, 7) is 0.310. The van der Waals surface area contributed by atoms with Gasteiger partial charge < -0.3 is 15.4 Å². The standard InChI is InChI=1S/C31H31N3O3S/c35-30(27-21-38-28(32-27)20-37-24-16-8-3-9-17-24)33-25-18-10-11-19-26(25)34-31(36)29(22-12-4-1-5-13-22)23-14-6-2-7-15-23/h1-9,12-17,21,25-26,29H,10-11,18-20H2,(H,33,35)(H,34,36). The van der Waals surface area contributed by atoms with Gasteiger partial charge in [0.2, 0.25) is 5.91 Å². The molecule has 2 atom stereocenters. The van der Waals surface area contributed by atoms with Crippen LogP contribution >= 0.6 is 11.3 Å². The van der Waals surface area contributed by atoms with E-state index >= 15 is 0 Å². The van der Waals surface area contributed by atoms with Gasteiger partial charge in [-0.2, -0.15) is 0 Å². The first-order valence-corrected chi connectivity index (χ1v) is 13.9. The smallest absolute Gasteiger partial charge is 0.271 e. The van der Waals surface area contributed by atoms with Crippen molar-refractivity contribution in [2.75, 3.05) is 0 Å². The van der Waals surface area contributed by atoms with Gasteiger partial charge in [0.25, 0.3) is 5.91 Å². The van der Waals surface area contributed by atoms with E-state index < -0.39 is 5.92 Å². The van der Waals surface area contributed by atoms with Crippen LogP contribution in [0.3, 0.4) is 0 Å². The third-order valence-corrected chi connectivity index (χ3v) is 7.65. The van der Waals surface area contributed by atoms with Crippen molar-refractivity contribution >= 4 is 23.2 Å². The van der Waals surface area contributed by atoms with Crippen LogP contribution in [0.15, 0.2) is 96.4 Å². The number of benzene rings is 3. The van der Waals surface area contributed by atoms with Gasteiger partial charge >= 0.3 is 0 Å². The maximum absolute atomic E-state index is 13.7. The molecular weight excluding hydrogens is 494 g/mol. The number of nitrogens with one attached hydrogen (secondary N) is 2. The molecule has 1 aromatic heterocycles. The Bertz CT molecular complexity index is 1290. The summed E-state index contributed by atoms with van der Waals surface area (Å²) in [4.78, 5) is 31.2. The lowest BCUT2D eigenvalue weighted by molar-refractivity contribution is -0.122. The highest BCUT2D eigenvalue weighted by molar-refractivity contribution is 7.09. The number of amides is 2. The lowest BCUT2D eigenvalue weighted by atomic mass is 9.87. The minimum absolute atomic E-state index is 0.0532. The van der Waals surface area contributed by atoms with Crippen molar-refractivity contribution in [3.63, 3.8) is 0 Å². The zero-order chi connectivity index (χ0) is 26.2. The second-order valence-electron chi connectivity index (χ2n) is 9.46. The predicted molar refractivity (Wildman–Crippen MR) is 149 cm³/mol. The Hall–Kier alpha value is -3.97. The Kier molecular flexibility index (Phi) is 8.46. The third kappa shape index (κ3) is 6.47. The predicted octanol–water partition coefficient (Wildman–Crippen LogP) is 5.71. The average Bonchev–Trinajstić information content (AvgIpc) is 3.44. The molecule has 1 aliphatic rings. The number of carbonyl (C=O) groups is 2. The molecule has 38 heavy (non-hydrogen) atoms. The number of thiazole rings is 1. The number of rotatable bonds is 9. The van der Waals surface area contributed by atoms with Gasteiger partial charge in [0.05, 0.1) is 5.92 Å². The molecule has 2 N–H and O–H groups in total. The molecule has 1 heterocycles. The highest BCUT2D eigenvalue weighted by Gasteiger charge is 2.31. The fourth-order valence-corrected chi connectivity index (χ4v) is 5.60. The van der Waals surface area contributed by atoms with Crippen LogP contribution in [-0.4, -0.2) is 28.9 Å². The Labute approximate surface area is 227 Å². The maximum atomic E-state index is 13.7. The van der Waals surface area contributed by atoms with Gasteiger partial charge in [-0.25, -0.2) is 4.98 Å². The van der Waals surface area contributed by atoms with Gasteiger partial charge in [-0.3, -0.25) is 9.59 Å². The molecule has 1 fully saturated rings. The van der Waals surface area contributed by atoms with Crippen molar-refractivity contribution < 1.29 is 14.3 Å². The molecule has 2 amide bonds. The Balaban J connectivity index is 1.24. The quantitative estimate of drug-likeness (QED) is 0.293. The molecule has 1 saturated carbocycles.